The molecule has 1 saturated carbocycles. The Morgan fingerprint density at radius 1 is 1.43 bits per heavy atom. The molecule has 3 aromatic heterocycles. The summed E-state index contributed by atoms with van der Waals surface area (Å²) in [5.74, 6) is 0. The predicted molar refractivity (Wildman–Crippen MR) is 121 cm³/mol. The third kappa shape index (κ3) is 4.36. The van der Waals surface area contributed by atoms with E-state index in [2.05, 4.69) is 19.9 Å². The number of sulfonamides is 1. The van der Waals surface area contributed by atoms with Gasteiger partial charge in [0.1, 0.15) is 16.1 Å². The van der Waals surface area contributed by atoms with E-state index in [1.807, 2.05) is 17.9 Å². The van der Waals surface area contributed by atoms with Gasteiger partial charge in [-0.3, -0.25) is 4.40 Å². The molecule has 0 unspecified atom stereocenters. The number of nitrogens with one attached hydrogen (secondary N) is 1. The van der Waals surface area contributed by atoms with E-state index in [4.69, 9.17) is 4.74 Å². The Morgan fingerprint density at radius 3 is 2.83 bits per heavy atom. The third-order valence-electron chi connectivity index (χ3n) is 6.03. The van der Waals surface area contributed by atoms with E-state index in [1.165, 1.54) is 22.9 Å². The number of anilines is 1. The fourth-order valence-corrected chi connectivity index (χ4v) is 6.03. The van der Waals surface area contributed by atoms with Crippen molar-refractivity contribution in [1.29, 1.82) is 5.26 Å². The van der Waals surface area contributed by atoms with Crippen LogP contribution in [-0.2, 0) is 14.8 Å². The Kier molecular flexibility index (Phi) is 5.96. The highest BCUT2D eigenvalue weighted by Gasteiger charge is 2.47. The highest BCUT2D eigenvalue weighted by Crippen LogP contribution is 2.38. The van der Waals surface area contributed by atoms with Gasteiger partial charge in [0.15, 0.2) is 15.7 Å². The molecular formula is C20H21F2N7O4S2. The number of hydrogen-bond acceptors (Lipinski definition) is 10. The number of aliphatic hydroxyl groups excluding tert-OH is 1. The number of rotatable bonds is 7. The van der Waals surface area contributed by atoms with Crippen LogP contribution in [0.5, 0.6) is 0 Å². The first-order chi connectivity index (χ1) is 16.7. The van der Waals surface area contributed by atoms with Crippen molar-refractivity contribution in [2.24, 2.45) is 0 Å². The zero-order chi connectivity index (χ0) is 25.0. The van der Waals surface area contributed by atoms with Gasteiger partial charge >= 0.3 is 0 Å². The van der Waals surface area contributed by atoms with E-state index >= 15 is 0 Å². The second-order valence-electron chi connectivity index (χ2n) is 8.58. The van der Waals surface area contributed by atoms with Crippen LogP contribution in [0, 0.1) is 11.3 Å². The average Bonchev–Trinajstić information content (AvgIpc) is 3.22. The number of imidazole rings is 1. The van der Waals surface area contributed by atoms with E-state index in [9.17, 15) is 27.6 Å². The Balaban J connectivity index is 1.67. The monoisotopic (exact) mass is 525 g/mol. The first-order valence-corrected chi connectivity index (χ1v) is 13.0. The molecule has 11 nitrogen and oxygen atoms in total. The van der Waals surface area contributed by atoms with Crippen molar-refractivity contribution in [2.45, 2.75) is 48.8 Å². The maximum Gasteiger partial charge on any atom is 0.291 e. The summed E-state index contributed by atoms with van der Waals surface area (Å²) in [7, 11) is -4.12. The molecule has 35 heavy (non-hydrogen) atoms. The van der Waals surface area contributed by atoms with Crippen LogP contribution in [-0.4, -0.2) is 70.5 Å². The molecular weight excluding hydrogens is 504 g/mol. The van der Waals surface area contributed by atoms with Crippen LogP contribution in [0.2, 0.25) is 0 Å². The van der Waals surface area contributed by atoms with Gasteiger partial charge in [0, 0.05) is 18.8 Å². The molecule has 3 aromatic rings. The summed E-state index contributed by atoms with van der Waals surface area (Å²) in [6, 6.07) is 3.30. The maximum absolute atomic E-state index is 13.3. The van der Waals surface area contributed by atoms with Crippen molar-refractivity contribution < 1.29 is 27.0 Å². The Bertz CT molecular complexity index is 1410. The van der Waals surface area contributed by atoms with E-state index in [0.717, 1.165) is 0 Å². The van der Waals surface area contributed by atoms with Crippen molar-refractivity contribution in [2.75, 3.05) is 24.7 Å². The van der Waals surface area contributed by atoms with Gasteiger partial charge in [0.25, 0.3) is 6.43 Å². The fraction of sp³-hybridized carbons (Fsp3) is 0.500. The quantitative estimate of drug-likeness (QED) is 0.471. The molecule has 2 atom stereocenters. The number of nitrogens with zero attached hydrogens (tertiary/aromatic N) is 6. The molecule has 2 aliphatic rings. The largest absolute Gasteiger partial charge is 0.394 e. The summed E-state index contributed by atoms with van der Waals surface area (Å²) in [5, 5.41) is 26.0. The lowest BCUT2D eigenvalue weighted by molar-refractivity contribution is -0.0102. The summed E-state index contributed by atoms with van der Waals surface area (Å²) < 4.78 is 62.4. The highest BCUT2D eigenvalue weighted by molar-refractivity contribution is 7.89. The Morgan fingerprint density at radius 2 is 2.20 bits per heavy atom. The third-order valence-corrected chi connectivity index (χ3v) is 8.49. The van der Waals surface area contributed by atoms with Gasteiger partial charge in [-0.2, -0.15) is 9.98 Å². The zero-order valence-electron chi connectivity index (χ0n) is 18.4. The molecule has 0 radical (unpaired) electrons. The molecule has 1 aliphatic heterocycles. The van der Waals surface area contributed by atoms with Crippen LogP contribution >= 0.6 is 11.3 Å². The van der Waals surface area contributed by atoms with Crippen molar-refractivity contribution in [3.8, 4) is 16.8 Å². The SMILES string of the molecule is C[C@H]1CO[C@@H](CO)CN1c1cc(S(=O)(=O)NC2(C#N)CC2)cn2c(-c3nnc(C(F)F)s3)cnc12. The zero-order valence-corrected chi connectivity index (χ0v) is 20.1. The molecule has 1 aliphatic carbocycles. The van der Waals surface area contributed by atoms with Gasteiger partial charge in [-0.1, -0.05) is 11.3 Å². The topological polar surface area (TPSA) is 146 Å². The average molecular weight is 526 g/mol. The number of aromatic nitrogens is 4. The highest BCUT2D eigenvalue weighted by atomic mass is 32.2. The summed E-state index contributed by atoms with van der Waals surface area (Å²) in [6.07, 6.45) is 0.299. The van der Waals surface area contributed by atoms with Crippen LogP contribution in [0.1, 0.15) is 31.2 Å². The number of alkyl halides is 2. The molecule has 0 aromatic carbocycles. The lowest BCUT2D eigenvalue weighted by Crippen LogP contribution is -2.49. The Labute approximate surface area is 203 Å². The summed E-state index contributed by atoms with van der Waals surface area (Å²) in [4.78, 5) is 6.20. The van der Waals surface area contributed by atoms with Crippen LogP contribution in [0.25, 0.3) is 16.3 Å². The van der Waals surface area contributed by atoms with E-state index < -0.39 is 33.1 Å². The summed E-state index contributed by atoms with van der Waals surface area (Å²) >= 11 is 0.689. The molecule has 1 saturated heterocycles. The second-order valence-corrected chi connectivity index (χ2v) is 11.3. The van der Waals surface area contributed by atoms with Gasteiger partial charge in [0.2, 0.25) is 10.0 Å². The smallest absolute Gasteiger partial charge is 0.291 e. The molecule has 15 heteroatoms. The number of halogens is 2. The number of hydrogen-bond donors (Lipinski definition) is 2. The molecule has 5 rings (SSSR count). The Hall–Kier alpha value is -2.77. The van der Waals surface area contributed by atoms with Gasteiger partial charge < -0.3 is 14.7 Å². The molecule has 0 bridgehead atoms. The predicted octanol–water partition coefficient (Wildman–Crippen LogP) is 1.71. The normalized spacial score (nSPS) is 22.0. The summed E-state index contributed by atoms with van der Waals surface area (Å²) in [5.41, 5.74) is -0.0112. The minimum Gasteiger partial charge on any atom is -0.394 e. The van der Waals surface area contributed by atoms with Crippen LogP contribution in [0.15, 0.2) is 23.4 Å². The summed E-state index contributed by atoms with van der Waals surface area (Å²) in [6.45, 7) is 2.25. The molecule has 2 fully saturated rings. The second kappa shape index (κ2) is 8.71. The molecule has 2 N–H and O–H groups in total. The van der Waals surface area contributed by atoms with E-state index in [-0.39, 0.29) is 29.1 Å². The number of nitriles is 1. The van der Waals surface area contributed by atoms with Crippen molar-refractivity contribution >= 4 is 32.7 Å². The van der Waals surface area contributed by atoms with E-state index in [0.29, 0.717) is 47.8 Å². The minimum atomic E-state index is -4.12. The standard InChI is InChI=1S/C20H21F2N7O4S2/c1-11-9-33-12(8-30)6-28(11)14-4-13(35(31,32)27-20(10-23)2-3-20)7-29-15(5-24-17(14)29)18-25-26-19(34-18)16(21)22/h4-5,7,11-12,16,27,30H,2-3,6,8-9H2,1H3/t11-,12+/m0/s1. The molecule has 0 spiro atoms. The number of ether oxygens (including phenoxy) is 1. The first-order valence-electron chi connectivity index (χ1n) is 10.7. The number of fused-ring (bicyclic) bond motifs is 1. The molecule has 186 valence electrons. The van der Waals surface area contributed by atoms with Crippen molar-refractivity contribution in [3.05, 3.63) is 23.5 Å². The number of aliphatic hydroxyl groups is 1. The molecule has 4 heterocycles. The lowest BCUT2D eigenvalue weighted by atomic mass is 10.1. The number of pyridine rings is 1. The first kappa shape index (κ1) is 23.9. The van der Waals surface area contributed by atoms with Gasteiger partial charge in [-0.05, 0) is 25.8 Å². The van der Waals surface area contributed by atoms with Crippen LogP contribution < -0.4 is 9.62 Å². The maximum atomic E-state index is 13.3. The lowest BCUT2D eigenvalue weighted by Gasteiger charge is -2.39. The van der Waals surface area contributed by atoms with Crippen molar-refractivity contribution in [1.82, 2.24) is 24.3 Å². The molecule has 0 amide bonds. The van der Waals surface area contributed by atoms with Gasteiger partial charge in [0.05, 0.1) is 37.3 Å². The fourth-order valence-electron chi connectivity index (χ4n) is 3.93. The van der Waals surface area contributed by atoms with Crippen molar-refractivity contribution in [3.63, 3.8) is 0 Å². The van der Waals surface area contributed by atoms with Gasteiger partial charge in [-0.15, -0.1) is 10.2 Å². The van der Waals surface area contributed by atoms with Gasteiger partial charge in [-0.25, -0.2) is 22.2 Å². The van der Waals surface area contributed by atoms with Crippen LogP contribution in [0.4, 0.5) is 14.5 Å². The van der Waals surface area contributed by atoms with E-state index in [1.54, 1.807) is 0 Å². The number of morpholine rings is 1. The van der Waals surface area contributed by atoms with Crippen LogP contribution in [0.3, 0.4) is 0 Å². The minimum absolute atomic E-state index is 0.126.